The molecule has 0 saturated heterocycles. The van der Waals surface area contributed by atoms with E-state index in [9.17, 15) is 9.59 Å². The maximum absolute atomic E-state index is 12.2. The molecule has 1 atom stereocenters. The second kappa shape index (κ2) is 6.78. The number of carbonyl (C=O) groups excluding carboxylic acids is 1. The van der Waals surface area contributed by atoms with Gasteiger partial charge in [-0.1, -0.05) is 24.3 Å². The first kappa shape index (κ1) is 14.9. The second-order valence-corrected chi connectivity index (χ2v) is 4.74. The summed E-state index contributed by atoms with van der Waals surface area (Å²) in [7, 11) is 0. The van der Waals surface area contributed by atoms with E-state index >= 15 is 0 Å². The van der Waals surface area contributed by atoms with Crippen LogP contribution in [0.15, 0.2) is 36.9 Å². The van der Waals surface area contributed by atoms with Crippen LogP contribution in [0.2, 0.25) is 0 Å². The molecule has 0 spiro atoms. The number of nitrogens with zero attached hydrogens (tertiary/aromatic N) is 1. The minimum atomic E-state index is -1.07. The van der Waals surface area contributed by atoms with Crippen LogP contribution in [0.5, 0.6) is 5.75 Å². The Bertz CT molecular complexity index is 544. The molecule has 1 aromatic carbocycles. The van der Waals surface area contributed by atoms with Gasteiger partial charge in [-0.2, -0.15) is 0 Å². The summed E-state index contributed by atoms with van der Waals surface area (Å²) in [5.74, 6) is -0.316. The van der Waals surface area contributed by atoms with Crippen molar-refractivity contribution < 1.29 is 19.4 Å². The average Bonchev–Trinajstić information content (AvgIpc) is 2.68. The largest absolute Gasteiger partial charge is 0.491 e. The van der Waals surface area contributed by atoms with Gasteiger partial charge in [0.15, 0.2) is 0 Å². The van der Waals surface area contributed by atoms with E-state index in [-0.39, 0.29) is 6.42 Å². The summed E-state index contributed by atoms with van der Waals surface area (Å²) < 4.78 is 5.57. The van der Waals surface area contributed by atoms with Gasteiger partial charge in [-0.25, -0.2) is 9.59 Å². The molecule has 0 radical (unpaired) electrons. The van der Waals surface area contributed by atoms with E-state index in [0.717, 1.165) is 11.3 Å². The fourth-order valence-corrected chi connectivity index (χ4v) is 2.13. The van der Waals surface area contributed by atoms with Crippen molar-refractivity contribution in [2.45, 2.75) is 19.0 Å². The van der Waals surface area contributed by atoms with Gasteiger partial charge >= 0.3 is 12.0 Å². The number of ether oxygens (including phenoxy) is 1. The van der Waals surface area contributed by atoms with Gasteiger partial charge in [-0.3, -0.25) is 0 Å². The fourth-order valence-electron chi connectivity index (χ4n) is 2.13. The van der Waals surface area contributed by atoms with E-state index in [2.05, 4.69) is 11.9 Å². The zero-order valence-corrected chi connectivity index (χ0v) is 11.6. The first-order valence-electron chi connectivity index (χ1n) is 6.71. The summed E-state index contributed by atoms with van der Waals surface area (Å²) in [5, 5.41) is 11.6. The van der Waals surface area contributed by atoms with Crippen LogP contribution in [0.3, 0.4) is 0 Å². The maximum atomic E-state index is 12.2. The standard InChI is InChI=1S/C15H18N2O4/c1-2-5-12(14(18)19)16-15(20)17-8-9-21-13-7-4-3-6-11(13)10-17/h2-4,6-7,12H,1,5,8-10H2,(H,16,20)(H,18,19). The van der Waals surface area contributed by atoms with Crippen LogP contribution in [-0.2, 0) is 11.3 Å². The molecule has 1 aliphatic rings. The summed E-state index contributed by atoms with van der Waals surface area (Å²) in [6.07, 6.45) is 1.65. The van der Waals surface area contributed by atoms with Crippen molar-refractivity contribution in [1.29, 1.82) is 0 Å². The maximum Gasteiger partial charge on any atom is 0.326 e. The minimum absolute atomic E-state index is 0.183. The number of carboxylic acids is 1. The van der Waals surface area contributed by atoms with Gasteiger partial charge in [0, 0.05) is 5.56 Å². The molecule has 2 rings (SSSR count). The molecule has 0 aliphatic carbocycles. The molecule has 0 aromatic heterocycles. The quantitative estimate of drug-likeness (QED) is 0.826. The highest BCUT2D eigenvalue weighted by molar-refractivity contribution is 5.82. The van der Waals surface area contributed by atoms with Crippen molar-refractivity contribution in [1.82, 2.24) is 10.2 Å². The summed E-state index contributed by atoms with van der Waals surface area (Å²) in [6.45, 7) is 4.67. The molecule has 0 saturated carbocycles. The Morgan fingerprint density at radius 1 is 1.48 bits per heavy atom. The molecule has 1 aromatic rings. The van der Waals surface area contributed by atoms with Crippen molar-refractivity contribution in [2.24, 2.45) is 0 Å². The monoisotopic (exact) mass is 290 g/mol. The van der Waals surface area contributed by atoms with Crippen molar-refractivity contribution in [2.75, 3.05) is 13.2 Å². The number of hydrogen-bond donors (Lipinski definition) is 2. The third kappa shape index (κ3) is 3.75. The minimum Gasteiger partial charge on any atom is -0.491 e. The Morgan fingerprint density at radius 3 is 2.95 bits per heavy atom. The lowest BCUT2D eigenvalue weighted by Crippen LogP contribution is -2.48. The zero-order valence-electron chi connectivity index (χ0n) is 11.6. The van der Waals surface area contributed by atoms with E-state index in [0.29, 0.717) is 19.7 Å². The Hall–Kier alpha value is -2.50. The SMILES string of the molecule is C=CCC(NC(=O)N1CCOc2ccccc2C1)C(=O)O. The summed E-state index contributed by atoms with van der Waals surface area (Å²) in [5.41, 5.74) is 0.903. The number of carbonyl (C=O) groups is 2. The Morgan fingerprint density at radius 2 is 2.24 bits per heavy atom. The molecule has 112 valence electrons. The van der Waals surface area contributed by atoms with Crippen LogP contribution >= 0.6 is 0 Å². The van der Waals surface area contributed by atoms with E-state index in [1.807, 2.05) is 24.3 Å². The number of urea groups is 1. The Labute approximate surface area is 123 Å². The summed E-state index contributed by atoms with van der Waals surface area (Å²) >= 11 is 0. The normalized spacial score (nSPS) is 15.1. The predicted molar refractivity (Wildman–Crippen MR) is 77.1 cm³/mol. The van der Waals surface area contributed by atoms with E-state index in [1.165, 1.54) is 6.08 Å². The lowest BCUT2D eigenvalue weighted by molar-refractivity contribution is -0.139. The number of aliphatic carboxylic acids is 1. The average molecular weight is 290 g/mol. The number of rotatable bonds is 4. The van der Waals surface area contributed by atoms with Gasteiger partial charge in [0.2, 0.25) is 0 Å². The molecule has 1 heterocycles. The molecular formula is C15H18N2O4. The molecule has 6 nitrogen and oxygen atoms in total. The smallest absolute Gasteiger partial charge is 0.326 e. The van der Waals surface area contributed by atoms with Crippen LogP contribution in [0.4, 0.5) is 4.79 Å². The van der Waals surface area contributed by atoms with Crippen molar-refractivity contribution >= 4 is 12.0 Å². The van der Waals surface area contributed by atoms with Crippen LogP contribution < -0.4 is 10.1 Å². The fraction of sp³-hybridized carbons (Fsp3) is 0.333. The molecule has 2 N–H and O–H groups in total. The number of carboxylic acid groups (broad SMARTS) is 1. The molecular weight excluding hydrogens is 272 g/mol. The third-order valence-electron chi connectivity index (χ3n) is 3.24. The number of benzene rings is 1. The summed E-state index contributed by atoms with van der Waals surface area (Å²) in [4.78, 5) is 24.8. The van der Waals surface area contributed by atoms with Gasteiger partial charge in [0.25, 0.3) is 0 Å². The highest BCUT2D eigenvalue weighted by Crippen LogP contribution is 2.22. The van der Waals surface area contributed by atoms with Crippen LogP contribution in [-0.4, -0.2) is 41.2 Å². The highest BCUT2D eigenvalue weighted by Gasteiger charge is 2.24. The lowest BCUT2D eigenvalue weighted by Gasteiger charge is -2.22. The number of hydrogen-bond acceptors (Lipinski definition) is 3. The number of para-hydroxylation sites is 1. The van der Waals surface area contributed by atoms with E-state index < -0.39 is 18.0 Å². The summed E-state index contributed by atoms with van der Waals surface area (Å²) in [6, 6.07) is 6.12. The van der Waals surface area contributed by atoms with E-state index in [4.69, 9.17) is 9.84 Å². The van der Waals surface area contributed by atoms with Crippen molar-refractivity contribution in [3.63, 3.8) is 0 Å². The van der Waals surface area contributed by atoms with Gasteiger partial charge in [-0.05, 0) is 12.5 Å². The van der Waals surface area contributed by atoms with Crippen molar-refractivity contribution in [3.05, 3.63) is 42.5 Å². The molecule has 0 fully saturated rings. The molecule has 6 heteroatoms. The Balaban J connectivity index is 2.06. The first-order valence-corrected chi connectivity index (χ1v) is 6.71. The van der Waals surface area contributed by atoms with Crippen LogP contribution in [0, 0.1) is 0 Å². The molecule has 2 amide bonds. The number of fused-ring (bicyclic) bond motifs is 1. The molecule has 0 bridgehead atoms. The number of nitrogens with one attached hydrogen (secondary N) is 1. The molecule has 1 unspecified atom stereocenters. The molecule has 1 aliphatic heterocycles. The van der Waals surface area contributed by atoms with Gasteiger partial charge in [0.1, 0.15) is 18.4 Å². The van der Waals surface area contributed by atoms with Crippen LogP contribution in [0.1, 0.15) is 12.0 Å². The zero-order chi connectivity index (χ0) is 15.2. The van der Waals surface area contributed by atoms with Crippen molar-refractivity contribution in [3.8, 4) is 5.75 Å². The highest BCUT2D eigenvalue weighted by atomic mass is 16.5. The lowest BCUT2D eigenvalue weighted by atomic mass is 10.2. The van der Waals surface area contributed by atoms with Gasteiger partial charge in [-0.15, -0.1) is 6.58 Å². The van der Waals surface area contributed by atoms with Gasteiger partial charge in [0.05, 0.1) is 13.1 Å². The topological polar surface area (TPSA) is 78.9 Å². The predicted octanol–water partition coefficient (Wildman–Crippen LogP) is 1.62. The molecule has 21 heavy (non-hydrogen) atoms. The number of amides is 2. The van der Waals surface area contributed by atoms with Crippen LogP contribution in [0.25, 0.3) is 0 Å². The second-order valence-electron chi connectivity index (χ2n) is 4.74. The van der Waals surface area contributed by atoms with E-state index in [1.54, 1.807) is 4.90 Å². The first-order chi connectivity index (χ1) is 10.1. The Kier molecular flexibility index (Phi) is 4.81. The van der Waals surface area contributed by atoms with Gasteiger partial charge < -0.3 is 20.1 Å². The third-order valence-corrected chi connectivity index (χ3v) is 3.24.